The Morgan fingerprint density at radius 2 is 1.86 bits per heavy atom. The van der Waals surface area contributed by atoms with Crippen molar-refractivity contribution < 1.29 is 4.39 Å². The third-order valence-corrected chi connectivity index (χ3v) is 4.35. The number of piperazine rings is 1. The van der Waals surface area contributed by atoms with E-state index in [-0.39, 0.29) is 5.82 Å². The van der Waals surface area contributed by atoms with E-state index in [1.54, 1.807) is 0 Å². The SMILES string of the molecule is NNc1nnc(CN2CCN(c3ccc(F)cc3)CC2)s1. The summed E-state index contributed by atoms with van der Waals surface area (Å²) in [5.41, 5.74) is 3.58. The van der Waals surface area contributed by atoms with Crippen LogP contribution in [0.5, 0.6) is 0 Å². The molecule has 1 aromatic heterocycles. The van der Waals surface area contributed by atoms with Crippen LogP contribution in [0.2, 0.25) is 0 Å². The van der Waals surface area contributed by atoms with Crippen LogP contribution in [0.4, 0.5) is 15.2 Å². The predicted molar refractivity (Wildman–Crippen MR) is 81.6 cm³/mol. The fraction of sp³-hybridized carbons (Fsp3) is 0.385. The van der Waals surface area contributed by atoms with Gasteiger partial charge in [0.1, 0.15) is 10.8 Å². The van der Waals surface area contributed by atoms with Crippen LogP contribution in [0, 0.1) is 5.82 Å². The second-order valence-corrected chi connectivity index (χ2v) is 5.95. The van der Waals surface area contributed by atoms with Crippen LogP contribution < -0.4 is 16.2 Å². The summed E-state index contributed by atoms with van der Waals surface area (Å²) in [6.07, 6.45) is 0. The third kappa shape index (κ3) is 3.46. The van der Waals surface area contributed by atoms with Gasteiger partial charge in [-0.05, 0) is 24.3 Å². The van der Waals surface area contributed by atoms with Gasteiger partial charge in [-0.3, -0.25) is 10.3 Å². The average Bonchev–Trinajstić information content (AvgIpc) is 2.97. The molecule has 2 aromatic rings. The molecule has 0 bridgehead atoms. The number of aromatic nitrogens is 2. The van der Waals surface area contributed by atoms with E-state index in [0.29, 0.717) is 5.13 Å². The quantitative estimate of drug-likeness (QED) is 0.655. The van der Waals surface area contributed by atoms with Crippen LogP contribution in [0.1, 0.15) is 5.01 Å². The Labute approximate surface area is 126 Å². The van der Waals surface area contributed by atoms with Crippen LogP contribution in [-0.4, -0.2) is 41.3 Å². The Morgan fingerprint density at radius 3 is 2.48 bits per heavy atom. The Hall–Kier alpha value is -1.77. The number of rotatable bonds is 4. The number of hydrazine groups is 1. The molecule has 1 aromatic carbocycles. The van der Waals surface area contributed by atoms with Gasteiger partial charge in [0.15, 0.2) is 0 Å². The van der Waals surface area contributed by atoms with Gasteiger partial charge in [-0.1, -0.05) is 11.3 Å². The highest BCUT2D eigenvalue weighted by molar-refractivity contribution is 7.15. The third-order valence-electron chi connectivity index (χ3n) is 3.51. The minimum absolute atomic E-state index is 0.196. The number of nitrogens with zero attached hydrogens (tertiary/aromatic N) is 4. The molecule has 0 radical (unpaired) electrons. The summed E-state index contributed by atoms with van der Waals surface area (Å²) in [5.74, 6) is 5.10. The molecule has 0 aliphatic carbocycles. The smallest absolute Gasteiger partial charge is 0.219 e. The molecule has 0 spiro atoms. The van der Waals surface area contributed by atoms with E-state index < -0.39 is 0 Å². The summed E-state index contributed by atoms with van der Waals surface area (Å²) in [5, 5.41) is 9.62. The van der Waals surface area contributed by atoms with Gasteiger partial charge in [0.2, 0.25) is 5.13 Å². The summed E-state index contributed by atoms with van der Waals surface area (Å²) in [7, 11) is 0. The number of benzene rings is 1. The summed E-state index contributed by atoms with van der Waals surface area (Å²) in [4.78, 5) is 4.60. The average molecular weight is 308 g/mol. The highest BCUT2D eigenvalue weighted by Gasteiger charge is 2.18. The number of nitrogens with two attached hydrogens (primary N) is 1. The van der Waals surface area contributed by atoms with Crippen LogP contribution >= 0.6 is 11.3 Å². The van der Waals surface area contributed by atoms with Gasteiger partial charge in [-0.2, -0.15) is 0 Å². The Balaban J connectivity index is 1.54. The molecular formula is C13H17FN6S. The van der Waals surface area contributed by atoms with E-state index in [1.165, 1.54) is 23.5 Å². The molecule has 3 N–H and O–H groups in total. The first-order chi connectivity index (χ1) is 10.2. The topological polar surface area (TPSA) is 70.3 Å². The standard InChI is InChI=1S/C13H17FN6S/c14-10-1-3-11(4-2-10)20-7-5-19(6-8-20)9-12-17-18-13(16-15)21-12/h1-4H,5-9,15H2,(H,16,18). The maximum Gasteiger partial charge on any atom is 0.219 e. The number of hydrogen-bond donors (Lipinski definition) is 2. The number of anilines is 2. The van der Waals surface area contributed by atoms with Crippen molar-refractivity contribution in [2.75, 3.05) is 36.5 Å². The number of halogens is 1. The van der Waals surface area contributed by atoms with E-state index in [0.717, 1.165) is 43.4 Å². The van der Waals surface area contributed by atoms with Crippen molar-refractivity contribution in [3.63, 3.8) is 0 Å². The lowest BCUT2D eigenvalue weighted by atomic mass is 10.2. The van der Waals surface area contributed by atoms with Gasteiger partial charge in [0.05, 0.1) is 6.54 Å². The first kappa shape index (κ1) is 14.2. The molecule has 3 rings (SSSR count). The minimum atomic E-state index is -0.196. The largest absolute Gasteiger partial charge is 0.369 e. The maximum absolute atomic E-state index is 12.9. The summed E-state index contributed by atoms with van der Waals surface area (Å²) in [6.45, 7) is 4.53. The second-order valence-electron chi connectivity index (χ2n) is 4.88. The van der Waals surface area contributed by atoms with Gasteiger partial charge in [0.25, 0.3) is 0 Å². The lowest BCUT2D eigenvalue weighted by Gasteiger charge is -2.35. The predicted octanol–water partition coefficient (Wildman–Crippen LogP) is 1.29. The van der Waals surface area contributed by atoms with E-state index in [4.69, 9.17) is 5.84 Å². The van der Waals surface area contributed by atoms with E-state index >= 15 is 0 Å². The van der Waals surface area contributed by atoms with E-state index in [2.05, 4.69) is 25.4 Å². The minimum Gasteiger partial charge on any atom is -0.369 e. The Kier molecular flexibility index (Phi) is 4.28. The van der Waals surface area contributed by atoms with E-state index in [9.17, 15) is 4.39 Å². The molecule has 0 amide bonds. The van der Waals surface area contributed by atoms with Crippen molar-refractivity contribution in [2.45, 2.75) is 6.54 Å². The van der Waals surface area contributed by atoms with Crippen molar-refractivity contribution in [2.24, 2.45) is 5.84 Å². The zero-order valence-corrected chi connectivity index (χ0v) is 12.3. The monoisotopic (exact) mass is 308 g/mol. The molecule has 2 heterocycles. The first-order valence-corrected chi connectivity index (χ1v) is 7.58. The Bertz CT molecular complexity index is 579. The van der Waals surface area contributed by atoms with Gasteiger partial charge >= 0.3 is 0 Å². The zero-order valence-electron chi connectivity index (χ0n) is 11.5. The molecular weight excluding hydrogens is 291 g/mol. The molecule has 1 saturated heterocycles. The zero-order chi connectivity index (χ0) is 14.7. The van der Waals surface area contributed by atoms with Crippen LogP contribution in [0.3, 0.4) is 0 Å². The highest BCUT2D eigenvalue weighted by Crippen LogP contribution is 2.19. The van der Waals surface area contributed by atoms with Crippen LogP contribution in [0.15, 0.2) is 24.3 Å². The highest BCUT2D eigenvalue weighted by atomic mass is 32.1. The fourth-order valence-electron chi connectivity index (χ4n) is 2.38. The van der Waals surface area contributed by atoms with Crippen molar-refractivity contribution in [3.8, 4) is 0 Å². The molecule has 0 saturated carbocycles. The lowest BCUT2D eigenvalue weighted by Crippen LogP contribution is -2.45. The van der Waals surface area contributed by atoms with Crippen LogP contribution in [0.25, 0.3) is 0 Å². The molecule has 8 heteroatoms. The summed E-state index contributed by atoms with van der Waals surface area (Å²) < 4.78 is 12.9. The molecule has 1 fully saturated rings. The van der Waals surface area contributed by atoms with Crippen molar-refractivity contribution >= 4 is 22.2 Å². The summed E-state index contributed by atoms with van der Waals surface area (Å²) in [6, 6.07) is 6.67. The number of nitrogen functional groups attached to an aromatic ring is 1. The molecule has 6 nitrogen and oxygen atoms in total. The summed E-state index contributed by atoms with van der Waals surface area (Å²) >= 11 is 1.47. The molecule has 112 valence electrons. The van der Waals surface area contributed by atoms with Crippen molar-refractivity contribution in [3.05, 3.63) is 35.1 Å². The lowest BCUT2D eigenvalue weighted by molar-refractivity contribution is 0.249. The van der Waals surface area contributed by atoms with Crippen molar-refractivity contribution in [1.82, 2.24) is 15.1 Å². The van der Waals surface area contributed by atoms with Gasteiger partial charge < -0.3 is 4.90 Å². The first-order valence-electron chi connectivity index (χ1n) is 6.76. The maximum atomic E-state index is 12.9. The second kappa shape index (κ2) is 6.33. The Morgan fingerprint density at radius 1 is 1.14 bits per heavy atom. The molecule has 0 unspecified atom stereocenters. The van der Waals surface area contributed by atoms with Gasteiger partial charge in [-0.15, -0.1) is 10.2 Å². The van der Waals surface area contributed by atoms with Crippen molar-refractivity contribution in [1.29, 1.82) is 0 Å². The number of nitrogens with one attached hydrogen (secondary N) is 1. The molecule has 0 atom stereocenters. The fourth-order valence-corrected chi connectivity index (χ4v) is 3.08. The van der Waals surface area contributed by atoms with Gasteiger partial charge in [-0.25, -0.2) is 10.2 Å². The van der Waals surface area contributed by atoms with E-state index in [1.807, 2.05) is 12.1 Å². The van der Waals surface area contributed by atoms with Gasteiger partial charge in [0, 0.05) is 31.9 Å². The van der Waals surface area contributed by atoms with Crippen LogP contribution in [-0.2, 0) is 6.54 Å². The molecule has 1 aliphatic heterocycles. The number of hydrogen-bond acceptors (Lipinski definition) is 7. The molecule has 1 aliphatic rings. The molecule has 21 heavy (non-hydrogen) atoms. The normalized spacial score (nSPS) is 16.2.